The number of para-hydroxylation sites is 1. The van der Waals surface area contributed by atoms with Gasteiger partial charge in [0.25, 0.3) is 5.91 Å². The van der Waals surface area contributed by atoms with E-state index in [1.54, 1.807) is 7.11 Å². The molecule has 1 N–H and O–H groups in total. The van der Waals surface area contributed by atoms with Gasteiger partial charge < -0.3 is 19.4 Å². The second kappa shape index (κ2) is 7.45. The number of amides is 1. The van der Waals surface area contributed by atoms with Crippen molar-refractivity contribution in [2.45, 2.75) is 26.5 Å². The van der Waals surface area contributed by atoms with E-state index in [4.69, 9.17) is 9.47 Å². The van der Waals surface area contributed by atoms with Crippen LogP contribution in [0, 0.1) is 0 Å². The Kier molecular flexibility index (Phi) is 4.86. The van der Waals surface area contributed by atoms with Gasteiger partial charge in [0.15, 0.2) is 0 Å². The van der Waals surface area contributed by atoms with Gasteiger partial charge in [-0.2, -0.15) is 0 Å². The molecule has 140 valence electrons. The van der Waals surface area contributed by atoms with E-state index < -0.39 is 0 Å². The van der Waals surface area contributed by atoms with Crippen LogP contribution in [0.15, 0.2) is 42.5 Å². The van der Waals surface area contributed by atoms with Crippen molar-refractivity contribution in [3.05, 3.63) is 64.8 Å². The van der Waals surface area contributed by atoms with E-state index >= 15 is 0 Å². The van der Waals surface area contributed by atoms with Gasteiger partial charge in [-0.1, -0.05) is 18.2 Å². The molecule has 5 nitrogen and oxygen atoms in total. The SMILES string of the molecule is CCOCc1cc(C(=O)N2CCc3[nH]c4ccccc4c3C2)ccc1OC. The molecule has 0 radical (unpaired) electrons. The van der Waals surface area contributed by atoms with Crippen LogP contribution < -0.4 is 4.74 Å². The molecule has 0 saturated heterocycles. The molecule has 0 fully saturated rings. The highest BCUT2D eigenvalue weighted by molar-refractivity contribution is 5.95. The zero-order valence-electron chi connectivity index (χ0n) is 15.7. The molecule has 4 rings (SSSR count). The molecule has 1 amide bonds. The quantitative estimate of drug-likeness (QED) is 0.747. The third-order valence-electron chi connectivity index (χ3n) is 5.16. The molecular formula is C22H24N2O3. The van der Waals surface area contributed by atoms with Gasteiger partial charge in [0.05, 0.1) is 13.7 Å². The number of ether oxygens (including phenoxy) is 2. The number of hydrogen-bond donors (Lipinski definition) is 1. The lowest BCUT2D eigenvalue weighted by Gasteiger charge is -2.27. The average Bonchev–Trinajstić information content (AvgIpc) is 3.09. The molecule has 5 heteroatoms. The van der Waals surface area contributed by atoms with E-state index in [1.165, 1.54) is 16.6 Å². The number of rotatable bonds is 5. The molecule has 1 aliphatic heterocycles. The zero-order valence-corrected chi connectivity index (χ0v) is 15.7. The topological polar surface area (TPSA) is 54.6 Å². The highest BCUT2D eigenvalue weighted by Gasteiger charge is 2.25. The monoisotopic (exact) mass is 364 g/mol. The lowest BCUT2D eigenvalue weighted by molar-refractivity contribution is 0.0734. The van der Waals surface area contributed by atoms with Crippen molar-refractivity contribution in [1.82, 2.24) is 9.88 Å². The first kappa shape index (κ1) is 17.6. The maximum Gasteiger partial charge on any atom is 0.254 e. The molecule has 0 spiro atoms. The van der Waals surface area contributed by atoms with E-state index in [1.807, 2.05) is 42.2 Å². The number of aromatic amines is 1. The normalized spacial score (nSPS) is 13.6. The van der Waals surface area contributed by atoms with Crippen LogP contribution in [0.4, 0.5) is 0 Å². The van der Waals surface area contributed by atoms with Gasteiger partial charge >= 0.3 is 0 Å². The summed E-state index contributed by atoms with van der Waals surface area (Å²) in [7, 11) is 1.63. The summed E-state index contributed by atoms with van der Waals surface area (Å²) in [6.07, 6.45) is 0.845. The number of fused-ring (bicyclic) bond motifs is 3. The Balaban J connectivity index is 1.60. The van der Waals surface area contributed by atoms with Gasteiger partial charge in [-0.3, -0.25) is 4.79 Å². The molecular weight excluding hydrogens is 340 g/mol. The van der Waals surface area contributed by atoms with Gasteiger partial charge in [0.1, 0.15) is 5.75 Å². The second-order valence-corrected chi connectivity index (χ2v) is 6.77. The lowest BCUT2D eigenvalue weighted by atomic mass is 10.0. The largest absolute Gasteiger partial charge is 0.496 e. The van der Waals surface area contributed by atoms with Crippen LogP contribution in [-0.4, -0.2) is 36.1 Å². The molecule has 0 unspecified atom stereocenters. The van der Waals surface area contributed by atoms with Crippen LogP contribution >= 0.6 is 0 Å². The van der Waals surface area contributed by atoms with E-state index in [0.717, 1.165) is 23.3 Å². The van der Waals surface area contributed by atoms with Gasteiger partial charge in [0.2, 0.25) is 0 Å². The number of H-pyrrole nitrogens is 1. The van der Waals surface area contributed by atoms with Crippen molar-refractivity contribution in [3.8, 4) is 5.75 Å². The fraction of sp³-hybridized carbons (Fsp3) is 0.318. The number of benzene rings is 2. The molecule has 1 aliphatic rings. The molecule has 27 heavy (non-hydrogen) atoms. The number of hydrogen-bond acceptors (Lipinski definition) is 3. The number of aromatic nitrogens is 1. The minimum absolute atomic E-state index is 0.0475. The molecule has 2 heterocycles. The third-order valence-corrected chi connectivity index (χ3v) is 5.16. The molecule has 0 aliphatic carbocycles. The Morgan fingerprint density at radius 1 is 1.22 bits per heavy atom. The minimum atomic E-state index is 0.0475. The Morgan fingerprint density at radius 2 is 2.07 bits per heavy atom. The average molecular weight is 364 g/mol. The number of nitrogens with one attached hydrogen (secondary N) is 1. The van der Waals surface area contributed by atoms with Crippen LogP contribution in [0.1, 0.15) is 34.1 Å². The van der Waals surface area contributed by atoms with Crippen molar-refractivity contribution in [2.24, 2.45) is 0 Å². The van der Waals surface area contributed by atoms with Gasteiger partial charge in [-0.15, -0.1) is 0 Å². The van der Waals surface area contributed by atoms with Crippen molar-refractivity contribution in [3.63, 3.8) is 0 Å². The van der Waals surface area contributed by atoms with Crippen LogP contribution in [0.3, 0.4) is 0 Å². The Bertz CT molecular complexity index is 977. The van der Waals surface area contributed by atoms with Crippen molar-refractivity contribution < 1.29 is 14.3 Å². The molecule has 2 aromatic carbocycles. The van der Waals surface area contributed by atoms with E-state index in [9.17, 15) is 4.79 Å². The van der Waals surface area contributed by atoms with Crippen LogP contribution in [0.5, 0.6) is 5.75 Å². The summed E-state index contributed by atoms with van der Waals surface area (Å²) < 4.78 is 10.9. The van der Waals surface area contributed by atoms with Crippen molar-refractivity contribution in [1.29, 1.82) is 0 Å². The first-order valence-electron chi connectivity index (χ1n) is 9.33. The maximum absolute atomic E-state index is 13.1. The maximum atomic E-state index is 13.1. The van der Waals surface area contributed by atoms with Gasteiger partial charge in [-0.25, -0.2) is 0 Å². The molecule has 0 bridgehead atoms. The van der Waals surface area contributed by atoms with Gasteiger partial charge in [-0.05, 0) is 31.2 Å². The Hall–Kier alpha value is -2.79. The molecule has 1 aromatic heterocycles. The summed E-state index contributed by atoms with van der Waals surface area (Å²) in [6, 6.07) is 13.9. The molecule has 3 aromatic rings. The number of methoxy groups -OCH3 is 1. The second-order valence-electron chi connectivity index (χ2n) is 6.77. The van der Waals surface area contributed by atoms with Crippen LogP contribution in [0.2, 0.25) is 0 Å². The Labute approximate surface area is 158 Å². The van der Waals surface area contributed by atoms with Crippen molar-refractivity contribution >= 4 is 16.8 Å². The summed E-state index contributed by atoms with van der Waals surface area (Å²) in [4.78, 5) is 18.5. The highest BCUT2D eigenvalue weighted by atomic mass is 16.5. The standard InChI is InChI=1S/C22H24N2O3/c1-3-27-14-16-12-15(8-9-21(16)26-2)22(25)24-11-10-20-18(13-24)17-6-4-5-7-19(17)23-20/h4-9,12,23H,3,10-11,13-14H2,1-2H3. The predicted octanol–water partition coefficient (Wildman–Crippen LogP) is 3.91. The first-order valence-corrected chi connectivity index (χ1v) is 9.33. The predicted molar refractivity (Wildman–Crippen MR) is 105 cm³/mol. The summed E-state index contributed by atoms with van der Waals surface area (Å²) in [5, 5.41) is 1.21. The summed E-state index contributed by atoms with van der Waals surface area (Å²) in [5.74, 6) is 0.795. The minimum Gasteiger partial charge on any atom is -0.496 e. The number of carbonyl (C=O) groups excluding carboxylic acids is 1. The zero-order chi connectivity index (χ0) is 18.8. The molecule has 0 saturated carbocycles. The first-order chi connectivity index (χ1) is 13.2. The van der Waals surface area contributed by atoms with E-state index in [-0.39, 0.29) is 5.91 Å². The highest BCUT2D eigenvalue weighted by Crippen LogP contribution is 2.29. The lowest BCUT2D eigenvalue weighted by Crippen LogP contribution is -2.35. The van der Waals surface area contributed by atoms with Crippen LogP contribution in [-0.2, 0) is 24.3 Å². The Morgan fingerprint density at radius 3 is 2.89 bits per heavy atom. The summed E-state index contributed by atoms with van der Waals surface area (Å²) in [5.41, 5.74) is 5.18. The summed E-state index contributed by atoms with van der Waals surface area (Å²) >= 11 is 0. The van der Waals surface area contributed by atoms with Crippen molar-refractivity contribution in [2.75, 3.05) is 20.3 Å². The number of carbonyl (C=O) groups is 1. The summed E-state index contributed by atoms with van der Waals surface area (Å²) in [6.45, 7) is 4.36. The van der Waals surface area contributed by atoms with E-state index in [0.29, 0.717) is 31.9 Å². The number of nitrogens with zero attached hydrogens (tertiary/aromatic N) is 1. The smallest absolute Gasteiger partial charge is 0.254 e. The molecule has 0 atom stereocenters. The fourth-order valence-electron chi connectivity index (χ4n) is 3.76. The van der Waals surface area contributed by atoms with Crippen LogP contribution in [0.25, 0.3) is 10.9 Å². The van der Waals surface area contributed by atoms with E-state index in [2.05, 4.69) is 17.1 Å². The third kappa shape index (κ3) is 3.30. The van der Waals surface area contributed by atoms with Gasteiger partial charge in [0, 0.05) is 59.4 Å². The fourth-order valence-corrected chi connectivity index (χ4v) is 3.76.